The molecule has 128 valence electrons. The van der Waals surface area contributed by atoms with Gasteiger partial charge in [-0.25, -0.2) is 4.98 Å². The maximum Gasteiger partial charge on any atom is 0.258 e. The second-order valence-electron chi connectivity index (χ2n) is 5.73. The molecular weight excluding hydrogens is 306 g/mol. The molecule has 0 aliphatic carbocycles. The number of nitrogens with zero attached hydrogens (tertiary/aromatic N) is 2. The van der Waals surface area contributed by atoms with Crippen molar-refractivity contribution in [3.8, 4) is 5.75 Å². The number of benzene rings is 1. The molecule has 0 aliphatic rings. The van der Waals surface area contributed by atoms with Gasteiger partial charge in [-0.3, -0.25) is 14.2 Å². The minimum absolute atomic E-state index is 0.0508. The second kappa shape index (κ2) is 8.29. The van der Waals surface area contributed by atoms with E-state index in [9.17, 15) is 9.59 Å². The van der Waals surface area contributed by atoms with Crippen LogP contribution >= 0.6 is 0 Å². The maximum absolute atomic E-state index is 11.8. The van der Waals surface area contributed by atoms with Gasteiger partial charge >= 0.3 is 0 Å². The van der Waals surface area contributed by atoms with Crippen LogP contribution < -0.4 is 15.6 Å². The summed E-state index contributed by atoms with van der Waals surface area (Å²) in [4.78, 5) is 27.8. The molecule has 0 unspecified atom stereocenters. The lowest BCUT2D eigenvalue weighted by Gasteiger charge is -2.10. The number of carbonyl (C=O) groups is 1. The first-order valence-electron chi connectivity index (χ1n) is 8.01. The Labute approximate surface area is 141 Å². The van der Waals surface area contributed by atoms with Crippen LogP contribution in [-0.4, -0.2) is 28.6 Å². The zero-order chi connectivity index (χ0) is 17.5. The summed E-state index contributed by atoms with van der Waals surface area (Å²) in [5.74, 6) is 0.457. The molecule has 0 saturated heterocycles. The fourth-order valence-corrected chi connectivity index (χ4v) is 2.36. The van der Waals surface area contributed by atoms with Crippen LogP contribution in [0.15, 0.2) is 35.4 Å². The summed E-state index contributed by atoms with van der Waals surface area (Å²) < 4.78 is 6.97. The Morgan fingerprint density at radius 1 is 1.21 bits per heavy atom. The van der Waals surface area contributed by atoms with E-state index in [1.54, 1.807) is 0 Å². The number of aromatic nitrogens is 2. The van der Waals surface area contributed by atoms with E-state index in [-0.39, 0.29) is 18.1 Å². The number of rotatable bonds is 7. The topological polar surface area (TPSA) is 73.2 Å². The zero-order valence-electron chi connectivity index (χ0n) is 14.3. The van der Waals surface area contributed by atoms with Gasteiger partial charge < -0.3 is 10.1 Å². The van der Waals surface area contributed by atoms with Crippen molar-refractivity contribution >= 4 is 5.91 Å². The molecule has 0 bridgehead atoms. The molecule has 0 saturated carbocycles. The molecule has 1 N–H and O–H groups in total. The van der Waals surface area contributed by atoms with E-state index in [0.717, 1.165) is 23.2 Å². The van der Waals surface area contributed by atoms with E-state index in [2.05, 4.69) is 10.3 Å². The monoisotopic (exact) mass is 329 g/mol. The number of aryl methyl sites for hydroxylation is 3. The highest BCUT2D eigenvalue weighted by molar-refractivity contribution is 5.77. The molecule has 0 aliphatic heterocycles. The van der Waals surface area contributed by atoms with Crippen molar-refractivity contribution < 1.29 is 9.53 Å². The maximum atomic E-state index is 11.8. The normalized spacial score (nSPS) is 10.5. The molecule has 1 aromatic heterocycles. The van der Waals surface area contributed by atoms with Crippen molar-refractivity contribution in [3.05, 3.63) is 57.8 Å². The number of hydrogen-bond donors (Lipinski definition) is 1. The summed E-state index contributed by atoms with van der Waals surface area (Å²) in [6.07, 6.45) is 2.24. The molecule has 0 atom stereocenters. The first-order valence-corrected chi connectivity index (χ1v) is 8.01. The van der Waals surface area contributed by atoms with Crippen LogP contribution in [0, 0.1) is 13.8 Å². The van der Waals surface area contributed by atoms with Gasteiger partial charge in [0.25, 0.3) is 11.5 Å². The minimum atomic E-state index is -0.222. The first kappa shape index (κ1) is 17.7. The largest absolute Gasteiger partial charge is 0.484 e. The van der Waals surface area contributed by atoms with Gasteiger partial charge in [-0.15, -0.1) is 0 Å². The molecule has 2 aromatic rings. The molecule has 2 rings (SSSR count). The third-order valence-corrected chi connectivity index (χ3v) is 3.54. The molecule has 1 amide bonds. The van der Waals surface area contributed by atoms with Gasteiger partial charge in [-0.05, 0) is 43.5 Å². The second-order valence-corrected chi connectivity index (χ2v) is 5.73. The third-order valence-electron chi connectivity index (χ3n) is 3.54. The van der Waals surface area contributed by atoms with Gasteiger partial charge in [-0.1, -0.05) is 13.0 Å². The zero-order valence-corrected chi connectivity index (χ0v) is 14.3. The van der Waals surface area contributed by atoms with Gasteiger partial charge in [0.15, 0.2) is 6.61 Å². The molecular formula is C18H23N3O3. The van der Waals surface area contributed by atoms with Crippen LogP contribution in [0.1, 0.15) is 23.7 Å². The molecule has 6 nitrogen and oxygen atoms in total. The lowest BCUT2D eigenvalue weighted by atomic mass is 10.1. The van der Waals surface area contributed by atoms with E-state index >= 15 is 0 Å². The average molecular weight is 329 g/mol. The van der Waals surface area contributed by atoms with Gasteiger partial charge in [0.05, 0.1) is 6.33 Å². The lowest BCUT2D eigenvalue weighted by molar-refractivity contribution is -0.123. The molecule has 1 aromatic carbocycles. The van der Waals surface area contributed by atoms with E-state index in [0.29, 0.717) is 18.8 Å². The van der Waals surface area contributed by atoms with Crippen molar-refractivity contribution in [2.75, 3.05) is 13.2 Å². The predicted octanol–water partition coefficient (Wildman–Crippen LogP) is 1.62. The van der Waals surface area contributed by atoms with Crippen LogP contribution in [0.25, 0.3) is 0 Å². The Morgan fingerprint density at radius 3 is 2.54 bits per heavy atom. The summed E-state index contributed by atoms with van der Waals surface area (Å²) >= 11 is 0. The highest BCUT2D eigenvalue weighted by Gasteiger charge is 2.04. The summed E-state index contributed by atoms with van der Waals surface area (Å²) in [6, 6.07) is 7.34. The average Bonchev–Trinajstić information content (AvgIpc) is 2.53. The predicted molar refractivity (Wildman–Crippen MR) is 92.3 cm³/mol. The Hall–Kier alpha value is -2.63. The Morgan fingerprint density at radius 2 is 1.92 bits per heavy atom. The van der Waals surface area contributed by atoms with Crippen molar-refractivity contribution in [1.29, 1.82) is 0 Å². The number of hydrogen-bond acceptors (Lipinski definition) is 4. The van der Waals surface area contributed by atoms with Crippen molar-refractivity contribution in [1.82, 2.24) is 14.9 Å². The summed E-state index contributed by atoms with van der Waals surface area (Å²) in [5.41, 5.74) is 2.84. The van der Waals surface area contributed by atoms with Crippen LogP contribution in [0.4, 0.5) is 0 Å². The minimum Gasteiger partial charge on any atom is -0.484 e. The van der Waals surface area contributed by atoms with E-state index in [4.69, 9.17) is 4.74 Å². The number of nitrogens with one attached hydrogen (secondary N) is 1. The quantitative estimate of drug-likeness (QED) is 0.838. The van der Waals surface area contributed by atoms with E-state index in [1.807, 2.05) is 39.0 Å². The first-order chi connectivity index (χ1) is 11.5. The Balaban J connectivity index is 1.78. The fourth-order valence-electron chi connectivity index (χ4n) is 2.36. The molecule has 0 radical (unpaired) electrons. The number of ether oxygens (including phenoxy) is 1. The SMILES string of the molecule is CCc1cc(=O)n(CCNC(=O)COc2cc(C)cc(C)c2)cn1. The Bertz CT molecular complexity index is 748. The van der Waals surface area contributed by atoms with Gasteiger partial charge in [0.2, 0.25) is 0 Å². The fraction of sp³-hybridized carbons (Fsp3) is 0.389. The van der Waals surface area contributed by atoms with E-state index in [1.165, 1.54) is 17.0 Å². The smallest absolute Gasteiger partial charge is 0.258 e. The van der Waals surface area contributed by atoms with Crippen molar-refractivity contribution in [3.63, 3.8) is 0 Å². The molecule has 1 heterocycles. The summed E-state index contributed by atoms with van der Waals surface area (Å²) in [7, 11) is 0. The van der Waals surface area contributed by atoms with Crippen molar-refractivity contribution in [2.45, 2.75) is 33.7 Å². The highest BCUT2D eigenvalue weighted by atomic mass is 16.5. The standard InChI is InChI=1S/C18H23N3O3/c1-4-15-10-18(23)21(12-20-15)6-5-19-17(22)11-24-16-8-13(2)7-14(3)9-16/h7-10,12H,4-6,11H2,1-3H3,(H,19,22). The van der Waals surface area contributed by atoms with Crippen LogP contribution in [0.2, 0.25) is 0 Å². The summed E-state index contributed by atoms with van der Waals surface area (Å²) in [5, 5.41) is 2.74. The third kappa shape index (κ3) is 5.22. The number of carbonyl (C=O) groups excluding carboxylic acids is 1. The van der Waals surface area contributed by atoms with Gasteiger partial charge in [-0.2, -0.15) is 0 Å². The lowest BCUT2D eigenvalue weighted by Crippen LogP contribution is -2.33. The summed E-state index contributed by atoms with van der Waals surface area (Å²) in [6.45, 7) is 6.59. The van der Waals surface area contributed by atoms with Gasteiger partial charge in [0, 0.05) is 24.8 Å². The molecule has 6 heteroatoms. The van der Waals surface area contributed by atoms with Crippen LogP contribution in [0.5, 0.6) is 5.75 Å². The highest BCUT2D eigenvalue weighted by Crippen LogP contribution is 2.15. The van der Waals surface area contributed by atoms with E-state index < -0.39 is 0 Å². The molecule has 24 heavy (non-hydrogen) atoms. The van der Waals surface area contributed by atoms with Crippen molar-refractivity contribution in [2.24, 2.45) is 0 Å². The van der Waals surface area contributed by atoms with Gasteiger partial charge in [0.1, 0.15) is 5.75 Å². The Kier molecular flexibility index (Phi) is 6.12. The number of amides is 1. The van der Waals surface area contributed by atoms with Crippen LogP contribution in [0.3, 0.4) is 0 Å². The molecule has 0 spiro atoms. The van der Waals surface area contributed by atoms with Crippen LogP contribution in [-0.2, 0) is 17.8 Å². The molecule has 0 fully saturated rings.